The molecule has 6 nitrogen and oxygen atoms in total. The Bertz CT molecular complexity index is 1130. The fourth-order valence-electron chi connectivity index (χ4n) is 6.46. The number of carbonyl (C=O) groups excluding carboxylic acids is 1. The number of nitrogens with one attached hydrogen (secondary N) is 1. The monoisotopic (exact) mass is 501 g/mol. The molecule has 8 heteroatoms. The van der Waals surface area contributed by atoms with Gasteiger partial charge in [-0.25, -0.2) is 9.37 Å². The van der Waals surface area contributed by atoms with E-state index in [0.29, 0.717) is 18.3 Å². The van der Waals surface area contributed by atoms with Gasteiger partial charge in [-0.05, 0) is 92.6 Å². The molecule has 3 atom stereocenters. The Balaban J connectivity index is 1.15. The van der Waals surface area contributed by atoms with Gasteiger partial charge in [-0.3, -0.25) is 9.69 Å². The van der Waals surface area contributed by atoms with Crippen LogP contribution in [0.3, 0.4) is 0 Å². The van der Waals surface area contributed by atoms with Crippen molar-refractivity contribution in [3.63, 3.8) is 0 Å². The molecule has 3 unspecified atom stereocenters. The lowest BCUT2D eigenvalue weighted by Gasteiger charge is -2.43. The van der Waals surface area contributed by atoms with Gasteiger partial charge >= 0.3 is 0 Å². The number of carbonyl (C=O) groups is 1. The molecule has 1 amide bonds. The van der Waals surface area contributed by atoms with Crippen LogP contribution in [0.25, 0.3) is 10.8 Å². The van der Waals surface area contributed by atoms with Crippen molar-refractivity contribution < 1.29 is 18.7 Å². The number of likely N-dealkylation sites (tertiary alicyclic amines) is 1. The average molecular weight is 502 g/mol. The van der Waals surface area contributed by atoms with E-state index in [9.17, 15) is 9.18 Å². The molecule has 0 bridgehead atoms. The van der Waals surface area contributed by atoms with Crippen molar-refractivity contribution in [1.29, 1.82) is 0 Å². The number of pyridine rings is 1. The van der Waals surface area contributed by atoms with E-state index in [1.807, 2.05) is 19.1 Å². The molecule has 0 radical (unpaired) electrons. The Morgan fingerprint density at radius 3 is 2.66 bits per heavy atom. The number of benzene rings is 1. The van der Waals surface area contributed by atoms with Gasteiger partial charge < -0.3 is 14.8 Å². The second-order valence-electron chi connectivity index (χ2n) is 11.1. The number of piperidine rings is 1. The first kappa shape index (κ1) is 23.6. The first-order valence-corrected chi connectivity index (χ1v) is 13.2. The zero-order valence-electron chi connectivity index (χ0n) is 20.2. The Morgan fingerprint density at radius 2 is 1.94 bits per heavy atom. The summed E-state index contributed by atoms with van der Waals surface area (Å²) in [6.45, 7) is 5.77. The number of nitrogens with zero attached hydrogens (tertiary/aromatic N) is 2. The van der Waals surface area contributed by atoms with Gasteiger partial charge in [0.1, 0.15) is 12.0 Å². The molecule has 6 rings (SSSR count). The first-order chi connectivity index (χ1) is 16.9. The van der Waals surface area contributed by atoms with E-state index in [2.05, 4.69) is 21.3 Å². The molecule has 1 aromatic carbocycles. The predicted molar refractivity (Wildman–Crippen MR) is 134 cm³/mol. The molecule has 4 fully saturated rings. The molecule has 1 spiro atoms. The Kier molecular flexibility index (Phi) is 6.03. The molecule has 3 aliphatic heterocycles. The van der Waals surface area contributed by atoms with E-state index in [-0.39, 0.29) is 23.8 Å². The van der Waals surface area contributed by atoms with E-state index in [1.165, 1.54) is 0 Å². The maximum Gasteiger partial charge on any atom is 0.229 e. The van der Waals surface area contributed by atoms with E-state index in [0.717, 1.165) is 79.8 Å². The molecule has 1 aliphatic carbocycles. The van der Waals surface area contributed by atoms with Gasteiger partial charge in [0.05, 0.1) is 18.8 Å². The number of rotatable bonds is 4. The highest BCUT2D eigenvalue weighted by Crippen LogP contribution is 2.59. The molecule has 4 heterocycles. The summed E-state index contributed by atoms with van der Waals surface area (Å²) in [7, 11) is 0. The van der Waals surface area contributed by atoms with Gasteiger partial charge in [-0.1, -0.05) is 11.6 Å². The van der Waals surface area contributed by atoms with Crippen LogP contribution in [0.4, 0.5) is 10.2 Å². The second kappa shape index (κ2) is 8.94. The molecular weight excluding hydrogens is 469 g/mol. The highest BCUT2D eigenvalue weighted by atomic mass is 35.5. The van der Waals surface area contributed by atoms with Crippen molar-refractivity contribution in [3.05, 3.63) is 35.0 Å². The van der Waals surface area contributed by atoms with Crippen molar-refractivity contribution in [3.8, 4) is 0 Å². The number of amides is 1. The summed E-state index contributed by atoms with van der Waals surface area (Å²) in [6, 6.07) is 6.06. The van der Waals surface area contributed by atoms with Gasteiger partial charge in [0.25, 0.3) is 0 Å². The SMILES string of the molecule is CC1(N2CCC(c3cc4cc(NC(=O)C5CC56CCOCC6)ncc4cc3Cl)CC2)COCC1F. The summed E-state index contributed by atoms with van der Waals surface area (Å²) in [6.07, 6.45) is 5.57. The molecule has 1 aromatic heterocycles. The maximum absolute atomic E-state index is 14.5. The van der Waals surface area contributed by atoms with Crippen molar-refractivity contribution >= 4 is 34.1 Å². The molecular formula is C27H33ClFN3O3. The van der Waals surface area contributed by atoms with Crippen LogP contribution in [0.5, 0.6) is 0 Å². The minimum absolute atomic E-state index is 0.0610. The molecule has 188 valence electrons. The van der Waals surface area contributed by atoms with Crippen LogP contribution in [0.15, 0.2) is 24.4 Å². The van der Waals surface area contributed by atoms with Crippen LogP contribution in [0.2, 0.25) is 5.02 Å². The normalized spacial score (nSPS) is 31.2. The zero-order chi connectivity index (χ0) is 24.2. The van der Waals surface area contributed by atoms with E-state index in [4.69, 9.17) is 21.1 Å². The third-order valence-electron chi connectivity index (χ3n) is 9.07. The molecule has 4 aliphatic rings. The van der Waals surface area contributed by atoms with Crippen LogP contribution < -0.4 is 5.32 Å². The Hall–Kier alpha value is -1.80. The lowest BCUT2D eigenvalue weighted by atomic mass is 9.85. The van der Waals surface area contributed by atoms with Crippen molar-refractivity contribution in [2.75, 3.05) is 44.8 Å². The summed E-state index contributed by atoms with van der Waals surface area (Å²) in [4.78, 5) is 19.6. The Labute approximate surface area is 210 Å². The summed E-state index contributed by atoms with van der Waals surface area (Å²) < 4.78 is 25.4. The standard InChI is InChI=1S/C27H33ClFN3O3/c1-26(16-35-15-23(26)29)32-6-2-17(3-7-32)20-10-18-12-24(30-14-19(18)11-22(20)28)31-25(33)21-13-27(21)4-8-34-9-5-27/h10-12,14,17,21,23H,2-9,13,15-16H2,1H3,(H,30,31,33). The van der Waals surface area contributed by atoms with Crippen LogP contribution in [-0.4, -0.2) is 67.0 Å². The van der Waals surface area contributed by atoms with Gasteiger partial charge in [-0.15, -0.1) is 0 Å². The van der Waals surface area contributed by atoms with Gasteiger partial charge in [0.2, 0.25) is 5.91 Å². The largest absolute Gasteiger partial charge is 0.381 e. The zero-order valence-corrected chi connectivity index (χ0v) is 21.0. The van der Waals surface area contributed by atoms with E-state index in [1.54, 1.807) is 6.20 Å². The molecule has 1 saturated carbocycles. The smallest absolute Gasteiger partial charge is 0.229 e. The van der Waals surface area contributed by atoms with Crippen molar-refractivity contribution in [2.24, 2.45) is 11.3 Å². The minimum atomic E-state index is -0.943. The topological polar surface area (TPSA) is 63.7 Å². The van der Waals surface area contributed by atoms with Crippen molar-refractivity contribution in [2.45, 2.75) is 56.7 Å². The number of anilines is 1. The number of ether oxygens (including phenoxy) is 2. The number of hydrogen-bond acceptors (Lipinski definition) is 5. The van der Waals surface area contributed by atoms with Gasteiger partial charge in [0, 0.05) is 35.7 Å². The number of halogens is 2. The van der Waals surface area contributed by atoms with Gasteiger partial charge in [0.15, 0.2) is 0 Å². The van der Waals surface area contributed by atoms with E-state index < -0.39 is 11.7 Å². The summed E-state index contributed by atoms with van der Waals surface area (Å²) in [5, 5.41) is 5.77. The quantitative estimate of drug-likeness (QED) is 0.642. The second-order valence-corrected chi connectivity index (χ2v) is 11.5. The minimum Gasteiger partial charge on any atom is -0.381 e. The number of fused-ring (bicyclic) bond motifs is 1. The van der Waals surface area contributed by atoms with Crippen LogP contribution >= 0.6 is 11.6 Å². The third-order valence-corrected chi connectivity index (χ3v) is 9.40. The predicted octanol–water partition coefficient (Wildman–Crippen LogP) is 4.95. The maximum atomic E-state index is 14.5. The fourth-order valence-corrected chi connectivity index (χ4v) is 6.78. The number of hydrogen-bond donors (Lipinski definition) is 1. The first-order valence-electron chi connectivity index (χ1n) is 12.8. The molecule has 2 aromatic rings. The lowest BCUT2D eigenvalue weighted by Crippen LogP contribution is -2.55. The number of alkyl halides is 1. The highest BCUT2D eigenvalue weighted by molar-refractivity contribution is 6.32. The highest BCUT2D eigenvalue weighted by Gasteiger charge is 2.58. The van der Waals surface area contributed by atoms with E-state index >= 15 is 0 Å². The molecule has 1 N–H and O–H groups in total. The molecule has 35 heavy (non-hydrogen) atoms. The average Bonchev–Trinajstić information content (AvgIpc) is 3.44. The summed E-state index contributed by atoms with van der Waals surface area (Å²) in [5.41, 5.74) is 0.732. The van der Waals surface area contributed by atoms with Crippen LogP contribution in [0.1, 0.15) is 50.5 Å². The fraction of sp³-hybridized carbons (Fsp3) is 0.630. The summed E-state index contributed by atoms with van der Waals surface area (Å²) >= 11 is 6.71. The van der Waals surface area contributed by atoms with Crippen LogP contribution in [-0.2, 0) is 14.3 Å². The third kappa shape index (κ3) is 4.24. The number of aromatic nitrogens is 1. The van der Waals surface area contributed by atoms with Crippen molar-refractivity contribution in [1.82, 2.24) is 9.88 Å². The summed E-state index contributed by atoms with van der Waals surface area (Å²) in [5.74, 6) is 1.03. The van der Waals surface area contributed by atoms with Crippen LogP contribution in [0, 0.1) is 11.3 Å². The molecule has 3 saturated heterocycles. The Morgan fingerprint density at radius 1 is 1.17 bits per heavy atom. The van der Waals surface area contributed by atoms with Gasteiger partial charge in [-0.2, -0.15) is 0 Å². The lowest BCUT2D eigenvalue weighted by molar-refractivity contribution is -0.118.